The van der Waals surface area contributed by atoms with Crippen molar-refractivity contribution in [3.63, 3.8) is 0 Å². The molecule has 0 N–H and O–H groups in total. The van der Waals surface area contributed by atoms with Crippen molar-refractivity contribution in [3.05, 3.63) is 54.0 Å². The molecule has 2 atom stereocenters. The van der Waals surface area contributed by atoms with Gasteiger partial charge in [-0.1, -0.05) is 25.6 Å². The first-order chi connectivity index (χ1) is 16.0. The highest BCUT2D eigenvalue weighted by Gasteiger charge is 2.38. The third kappa shape index (κ3) is 5.18. The van der Waals surface area contributed by atoms with E-state index in [0.717, 1.165) is 68.2 Å². The van der Waals surface area contributed by atoms with E-state index in [1.165, 1.54) is 6.08 Å². The van der Waals surface area contributed by atoms with Crippen LogP contribution >= 0.6 is 0 Å². The SMILES string of the molecule is C=CC(=O)N1CCN([C]2N=C(OCC)N=C(C[C@H]3CCc4cccc(F)c4C3)C2CC)CC1. The van der Waals surface area contributed by atoms with Crippen LogP contribution in [-0.2, 0) is 22.4 Å². The van der Waals surface area contributed by atoms with Gasteiger partial charge < -0.3 is 9.64 Å². The Morgan fingerprint density at radius 3 is 2.73 bits per heavy atom. The Hall–Kier alpha value is -2.54. The number of amides is 1. The number of fused-ring (bicyclic) bond motifs is 1. The first-order valence-electron chi connectivity index (χ1n) is 12.1. The fourth-order valence-corrected chi connectivity index (χ4v) is 5.21. The van der Waals surface area contributed by atoms with Crippen LogP contribution in [0.5, 0.6) is 0 Å². The third-order valence-corrected chi connectivity index (χ3v) is 6.96. The molecule has 1 unspecified atom stereocenters. The summed E-state index contributed by atoms with van der Waals surface area (Å²) in [4.78, 5) is 25.7. The maximum absolute atomic E-state index is 14.4. The van der Waals surface area contributed by atoms with Crippen LogP contribution < -0.4 is 0 Å². The van der Waals surface area contributed by atoms with E-state index in [-0.39, 0.29) is 17.6 Å². The van der Waals surface area contributed by atoms with Crippen molar-refractivity contribution in [3.8, 4) is 0 Å². The van der Waals surface area contributed by atoms with Gasteiger partial charge in [0.1, 0.15) is 5.82 Å². The largest absolute Gasteiger partial charge is 0.464 e. The van der Waals surface area contributed by atoms with E-state index in [1.807, 2.05) is 17.9 Å². The maximum Gasteiger partial charge on any atom is 0.313 e. The molecule has 4 rings (SSSR count). The number of halogens is 1. The highest BCUT2D eigenvalue weighted by Crippen LogP contribution is 2.36. The normalized spacial score (nSPS) is 24.0. The molecule has 1 aromatic rings. The Morgan fingerprint density at radius 2 is 2.03 bits per heavy atom. The zero-order valence-corrected chi connectivity index (χ0v) is 19.7. The van der Waals surface area contributed by atoms with Crippen molar-refractivity contribution < 1.29 is 13.9 Å². The van der Waals surface area contributed by atoms with E-state index in [2.05, 4.69) is 18.4 Å². The van der Waals surface area contributed by atoms with E-state index in [1.54, 1.807) is 12.1 Å². The number of hydrogen-bond donors (Lipinski definition) is 0. The van der Waals surface area contributed by atoms with Gasteiger partial charge in [-0.05, 0) is 68.2 Å². The monoisotopic (exact) mass is 453 g/mol. The van der Waals surface area contributed by atoms with E-state index in [0.29, 0.717) is 31.6 Å². The molecule has 1 aromatic carbocycles. The van der Waals surface area contributed by atoms with Crippen LogP contribution in [0.25, 0.3) is 0 Å². The molecule has 1 saturated heterocycles. The average molecular weight is 454 g/mol. The van der Waals surface area contributed by atoms with Crippen LogP contribution in [0.1, 0.15) is 44.2 Å². The van der Waals surface area contributed by atoms with Crippen LogP contribution in [0.2, 0.25) is 0 Å². The number of piperazine rings is 1. The van der Waals surface area contributed by atoms with Gasteiger partial charge >= 0.3 is 6.02 Å². The summed E-state index contributed by atoms with van der Waals surface area (Å²) in [5.74, 6) is 0.343. The molecule has 1 aliphatic carbocycles. The van der Waals surface area contributed by atoms with Crippen molar-refractivity contribution in [2.24, 2.45) is 21.8 Å². The molecule has 2 heterocycles. The Kier molecular flexibility index (Phi) is 7.58. The highest BCUT2D eigenvalue weighted by molar-refractivity contribution is 6.00. The molecule has 7 heteroatoms. The first-order valence-corrected chi connectivity index (χ1v) is 12.1. The van der Waals surface area contributed by atoms with Crippen molar-refractivity contribution in [2.45, 2.75) is 46.0 Å². The summed E-state index contributed by atoms with van der Waals surface area (Å²) in [6, 6.07) is 5.83. The topological polar surface area (TPSA) is 57.5 Å². The van der Waals surface area contributed by atoms with Gasteiger partial charge in [0.2, 0.25) is 5.91 Å². The molecule has 2 aliphatic heterocycles. The molecular formula is C26H34FN4O2. The zero-order chi connectivity index (χ0) is 23.4. The predicted octanol–water partition coefficient (Wildman–Crippen LogP) is 4.01. The lowest BCUT2D eigenvalue weighted by Crippen LogP contribution is -2.51. The number of rotatable bonds is 6. The highest BCUT2D eigenvalue weighted by atomic mass is 19.1. The van der Waals surface area contributed by atoms with Crippen LogP contribution in [0.15, 0.2) is 40.8 Å². The fraction of sp³-hybridized carbons (Fsp3) is 0.538. The molecule has 1 radical (unpaired) electrons. The number of amidine groups is 1. The summed E-state index contributed by atoms with van der Waals surface area (Å²) in [7, 11) is 0. The van der Waals surface area contributed by atoms with E-state index in [4.69, 9.17) is 14.7 Å². The fourth-order valence-electron chi connectivity index (χ4n) is 5.21. The number of carbonyl (C=O) groups is 1. The standard InChI is InChI=1S/C26H34FN4O2/c1-4-20-23(17-18-10-11-19-8-7-9-22(27)21(19)16-18)28-26(33-6-3)29-25(20)31-14-12-30(13-15-31)24(32)5-2/h5,7-9,18,20H,2,4,6,10-17H2,1,3H3/t18-,20?/m0/s1. The smallest absolute Gasteiger partial charge is 0.313 e. The van der Waals surface area contributed by atoms with Gasteiger partial charge in [-0.2, -0.15) is 0 Å². The second kappa shape index (κ2) is 10.6. The lowest BCUT2D eigenvalue weighted by molar-refractivity contribution is -0.127. The summed E-state index contributed by atoms with van der Waals surface area (Å²) in [5, 5.41) is 0. The van der Waals surface area contributed by atoms with Gasteiger partial charge in [0.25, 0.3) is 0 Å². The molecular weight excluding hydrogens is 419 g/mol. The van der Waals surface area contributed by atoms with Crippen molar-refractivity contribution in [1.82, 2.24) is 9.80 Å². The summed E-state index contributed by atoms with van der Waals surface area (Å²) < 4.78 is 20.2. The Morgan fingerprint density at radius 1 is 1.24 bits per heavy atom. The number of aliphatic imine (C=N–C) groups is 2. The quantitative estimate of drug-likeness (QED) is 0.612. The van der Waals surface area contributed by atoms with Gasteiger partial charge in [0.15, 0.2) is 6.17 Å². The molecule has 3 aliphatic rings. The number of hydrogen-bond acceptors (Lipinski definition) is 5. The van der Waals surface area contributed by atoms with Crippen molar-refractivity contribution in [2.75, 3.05) is 32.8 Å². The molecule has 1 amide bonds. The average Bonchev–Trinajstić information content (AvgIpc) is 2.84. The predicted molar refractivity (Wildman–Crippen MR) is 128 cm³/mol. The Labute approximate surface area is 196 Å². The molecule has 177 valence electrons. The molecule has 0 bridgehead atoms. The Bertz CT molecular complexity index is 936. The van der Waals surface area contributed by atoms with Crippen LogP contribution in [0.4, 0.5) is 4.39 Å². The molecule has 0 aromatic heterocycles. The summed E-state index contributed by atoms with van der Waals surface area (Å²) in [5.41, 5.74) is 3.09. The van der Waals surface area contributed by atoms with Crippen LogP contribution in [0.3, 0.4) is 0 Å². The van der Waals surface area contributed by atoms with Crippen molar-refractivity contribution in [1.29, 1.82) is 0 Å². The summed E-state index contributed by atoms with van der Waals surface area (Å²) in [6.45, 7) is 10.9. The van der Waals surface area contributed by atoms with Gasteiger partial charge in [-0.15, -0.1) is 0 Å². The first kappa shape index (κ1) is 23.6. The number of benzene rings is 1. The van der Waals surface area contributed by atoms with Gasteiger partial charge in [0, 0.05) is 37.8 Å². The lowest BCUT2D eigenvalue weighted by Gasteiger charge is -2.41. The van der Waals surface area contributed by atoms with Gasteiger partial charge in [-0.25, -0.2) is 14.4 Å². The molecule has 0 saturated carbocycles. The Balaban J connectivity index is 1.50. The van der Waals surface area contributed by atoms with E-state index in [9.17, 15) is 9.18 Å². The second-order valence-electron chi connectivity index (χ2n) is 8.96. The molecule has 1 fully saturated rings. The lowest BCUT2D eigenvalue weighted by atomic mass is 9.78. The third-order valence-electron chi connectivity index (χ3n) is 6.96. The minimum atomic E-state index is -0.0920. The van der Waals surface area contributed by atoms with Crippen molar-refractivity contribution >= 4 is 17.6 Å². The molecule has 0 spiro atoms. The molecule has 33 heavy (non-hydrogen) atoms. The number of aryl methyl sites for hydroxylation is 1. The maximum atomic E-state index is 14.4. The second-order valence-corrected chi connectivity index (χ2v) is 8.96. The number of nitrogens with zero attached hydrogens (tertiary/aromatic N) is 4. The minimum absolute atomic E-state index is 0.0269. The number of carbonyl (C=O) groups excluding carboxylic acids is 1. The van der Waals surface area contributed by atoms with E-state index >= 15 is 0 Å². The van der Waals surface area contributed by atoms with Gasteiger partial charge in [0.05, 0.1) is 6.61 Å². The minimum Gasteiger partial charge on any atom is -0.464 e. The van der Waals surface area contributed by atoms with Crippen LogP contribution in [-0.4, -0.2) is 60.2 Å². The summed E-state index contributed by atoms with van der Waals surface area (Å²) >= 11 is 0. The van der Waals surface area contributed by atoms with Gasteiger partial charge in [-0.3, -0.25) is 9.69 Å². The summed E-state index contributed by atoms with van der Waals surface area (Å²) in [6.07, 6.45) is 6.75. The molecule has 6 nitrogen and oxygen atoms in total. The van der Waals surface area contributed by atoms with E-state index < -0.39 is 0 Å². The number of ether oxygens (including phenoxy) is 1. The van der Waals surface area contributed by atoms with Crippen LogP contribution in [0, 0.1) is 23.8 Å². The zero-order valence-electron chi connectivity index (χ0n) is 19.7.